The molecule has 0 aromatic carbocycles. The molecule has 0 aliphatic carbocycles. The topological polar surface area (TPSA) is 85.6 Å². The summed E-state index contributed by atoms with van der Waals surface area (Å²) < 4.78 is 45.0. The molecule has 0 radical (unpaired) electrons. The molecular weight excluding hydrogens is 397 g/mol. The number of thiazole rings is 1. The number of carbonyl (C=O) groups excluding carboxylic acids is 2. The zero-order valence-electron chi connectivity index (χ0n) is 15.0. The van der Waals surface area contributed by atoms with E-state index in [9.17, 15) is 22.8 Å². The van der Waals surface area contributed by atoms with Crippen LogP contribution in [0.25, 0.3) is 5.65 Å². The summed E-state index contributed by atoms with van der Waals surface area (Å²) in [5.41, 5.74) is -0.102. The molecule has 0 spiro atoms. The number of alkyl halides is 3. The number of aromatic nitrogens is 3. The van der Waals surface area contributed by atoms with Gasteiger partial charge in [-0.15, -0.1) is 0 Å². The van der Waals surface area contributed by atoms with Crippen LogP contribution in [0.5, 0.6) is 0 Å². The van der Waals surface area contributed by atoms with Crippen LogP contribution in [0.15, 0.2) is 18.3 Å². The van der Waals surface area contributed by atoms with Crippen LogP contribution in [0.2, 0.25) is 0 Å². The Morgan fingerprint density at radius 1 is 1.21 bits per heavy atom. The zero-order valence-corrected chi connectivity index (χ0v) is 15.9. The predicted molar refractivity (Wildman–Crippen MR) is 95.7 cm³/mol. The van der Waals surface area contributed by atoms with Crippen LogP contribution in [0.1, 0.15) is 44.0 Å². The molecule has 7 nitrogen and oxygen atoms in total. The first-order valence-electron chi connectivity index (χ1n) is 8.13. The molecule has 0 bridgehead atoms. The summed E-state index contributed by atoms with van der Waals surface area (Å²) in [5.74, 6) is -1.24. The number of nitrogens with zero attached hydrogens (tertiary/aromatic N) is 3. The van der Waals surface area contributed by atoms with Crippen molar-refractivity contribution in [1.82, 2.24) is 14.4 Å². The van der Waals surface area contributed by atoms with E-state index in [1.54, 1.807) is 13.8 Å². The summed E-state index contributed by atoms with van der Waals surface area (Å²) >= 11 is 0.925. The second-order valence-corrected chi connectivity index (χ2v) is 6.80. The summed E-state index contributed by atoms with van der Waals surface area (Å²) in [6.45, 7) is 4.97. The van der Waals surface area contributed by atoms with Crippen molar-refractivity contribution < 1.29 is 27.5 Å². The Kier molecular flexibility index (Phi) is 5.11. The smallest absolute Gasteiger partial charge is 0.417 e. The maximum absolute atomic E-state index is 13.0. The van der Waals surface area contributed by atoms with Crippen molar-refractivity contribution in [2.75, 3.05) is 11.9 Å². The van der Waals surface area contributed by atoms with Gasteiger partial charge in [0.1, 0.15) is 16.2 Å². The zero-order chi connectivity index (χ0) is 20.6. The largest absolute Gasteiger partial charge is 0.462 e. The summed E-state index contributed by atoms with van der Waals surface area (Å²) in [5, 5.41) is 2.64. The molecular formula is C17H15F3N4O3S. The molecule has 0 atom stereocenters. The van der Waals surface area contributed by atoms with Gasteiger partial charge in [0.05, 0.1) is 23.6 Å². The molecule has 3 aromatic heterocycles. The van der Waals surface area contributed by atoms with E-state index in [0.29, 0.717) is 5.69 Å². The lowest BCUT2D eigenvalue weighted by molar-refractivity contribution is -0.137. The Labute approximate surface area is 161 Å². The number of ether oxygens (including phenoxy) is 1. The number of amides is 1. The highest BCUT2D eigenvalue weighted by Gasteiger charge is 2.32. The lowest BCUT2D eigenvalue weighted by Gasteiger charge is -2.08. The summed E-state index contributed by atoms with van der Waals surface area (Å²) in [7, 11) is 0. The average molecular weight is 412 g/mol. The maximum Gasteiger partial charge on any atom is 0.417 e. The molecule has 148 valence electrons. The van der Waals surface area contributed by atoms with Gasteiger partial charge in [-0.3, -0.25) is 14.5 Å². The Bertz CT molecular complexity index is 1070. The summed E-state index contributed by atoms with van der Waals surface area (Å²) in [4.78, 5) is 33.0. The Balaban J connectivity index is 1.95. The number of aryl methyl sites for hydroxylation is 2. The van der Waals surface area contributed by atoms with Crippen molar-refractivity contribution in [3.63, 3.8) is 0 Å². The Hall–Kier alpha value is -2.95. The van der Waals surface area contributed by atoms with Gasteiger partial charge in [-0.1, -0.05) is 11.3 Å². The van der Waals surface area contributed by atoms with Gasteiger partial charge in [0.25, 0.3) is 5.91 Å². The number of hydrogen-bond acceptors (Lipinski definition) is 6. The van der Waals surface area contributed by atoms with E-state index >= 15 is 0 Å². The first-order chi connectivity index (χ1) is 13.1. The third kappa shape index (κ3) is 3.70. The number of esters is 1. The van der Waals surface area contributed by atoms with E-state index in [1.165, 1.54) is 13.0 Å². The number of anilines is 1. The molecule has 1 amide bonds. The molecule has 0 fully saturated rings. The van der Waals surface area contributed by atoms with E-state index < -0.39 is 23.6 Å². The van der Waals surface area contributed by atoms with Crippen LogP contribution in [0.3, 0.4) is 0 Å². The molecule has 11 heteroatoms. The van der Waals surface area contributed by atoms with E-state index in [-0.39, 0.29) is 33.7 Å². The van der Waals surface area contributed by atoms with Gasteiger partial charge in [0, 0.05) is 6.20 Å². The van der Waals surface area contributed by atoms with Crippen LogP contribution >= 0.6 is 11.3 Å². The van der Waals surface area contributed by atoms with Crippen LogP contribution in [0, 0.1) is 13.8 Å². The Morgan fingerprint density at radius 2 is 1.93 bits per heavy atom. The van der Waals surface area contributed by atoms with Crippen molar-refractivity contribution in [1.29, 1.82) is 0 Å². The Morgan fingerprint density at radius 3 is 2.57 bits per heavy atom. The lowest BCUT2D eigenvalue weighted by Crippen LogP contribution is -2.16. The fourth-order valence-electron chi connectivity index (χ4n) is 2.60. The first kappa shape index (κ1) is 19.8. The molecule has 3 rings (SSSR count). The molecule has 3 heterocycles. The fourth-order valence-corrected chi connectivity index (χ4v) is 3.45. The van der Waals surface area contributed by atoms with Gasteiger partial charge in [-0.25, -0.2) is 14.8 Å². The highest BCUT2D eigenvalue weighted by molar-refractivity contribution is 7.17. The molecule has 0 saturated carbocycles. The monoisotopic (exact) mass is 412 g/mol. The van der Waals surface area contributed by atoms with Crippen molar-refractivity contribution >= 4 is 34.0 Å². The van der Waals surface area contributed by atoms with Crippen molar-refractivity contribution in [3.05, 3.63) is 45.9 Å². The minimum absolute atomic E-state index is 0.0494. The SMILES string of the molecule is CCOC(=O)c1sc(NC(=O)c2c(C)nc3ccc(C(F)(F)F)cn23)nc1C. The quantitative estimate of drug-likeness (QED) is 0.658. The normalized spacial score (nSPS) is 11.6. The number of pyridine rings is 1. The highest BCUT2D eigenvalue weighted by Crippen LogP contribution is 2.30. The van der Waals surface area contributed by atoms with Gasteiger partial charge >= 0.3 is 12.1 Å². The number of halogens is 3. The molecule has 28 heavy (non-hydrogen) atoms. The van der Waals surface area contributed by atoms with E-state index in [0.717, 1.165) is 28.0 Å². The van der Waals surface area contributed by atoms with Gasteiger partial charge in [-0.05, 0) is 32.9 Å². The first-order valence-corrected chi connectivity index (χ1v) is 8.95. The van der Waals surface area contributed by atoms with Crippen LogP contribution in [0.4, 0.5) is 18.3 Å². The fraction of sp³-hybridized carbons (Fsp3) is 0.294. The number of hydrogen-bond donors (Lipinski definition) is 1. The lowest BCUT2D eigenvalue weighted by atomic mass is 10.2. The summed E-state index contributed by atoms with van der Waals surface area (Å²) in [6, 6.07) is 2.10. The molecule has 0 saturated heterocycles. The van der Waals surface area contributed by atoms with Gasteiger partial charge < -0.3 is 4.74 Å². The van der Waals surface area contributed by atoms with Gasteiger partial charge in [0.15, 0.2) is 5.13 Å². The van der Waals surface area contributed by atoms with E-state index in [4.69, 9.17) is 4.74 Å². The van der Waals surface area contributed by atoms with Crippen molar-refractivity contribution in [2.24, 2.45) is 0 Å². The van der Waals surface area contributed by atoms with Crippen LogP contribution in [-0.4, -0.2) is 32.9 Å². The van der Waals surface area contributed by atoms with Crippen LogP contribution < -0.4 is 5.32 Å². The maximum atomic E-state index is 13.0. The molecule has 0 unspecified atom stereocenters. The summed E-state index contributed by atoms with van der Waals surface area (Å²) in [6.07, 6.45) is -3.73. The predicted octanol–water partition coefficient (Wildman–Crippen LogP) is 3.86. The van der Waals surface area contributed by atoms with Crippen LogP contribution in [-0.2, 0) is 10.9 Å². The van der Waals surface area contributed by atoms with Gasteiger partial charge in [0.2, 0.25) is 0 Å². The third-order valence-electron chi connectivity index (χ3n) is 3.81. The number of fused-ring (bicyclic) bond motifs is 1. The van der Waals surface area contributed by atoms with E-state index in [1.807, 2.05) is 0 Å². The molecule has 1 N–H and O–H groups in total. The minimum Gasteiger partial charge on any atom is -0.462 e. The number of carbonyl (C=O) groups is 2. The molecule has 0 aliphatic heterocycles. The van der Waals surface area contributed by atoms with E-state index in [2.05, 4.69) is 15.3 Å². The van der Waals surface area contributed by atoms with Crippen molar-refractivity contribution in [3.8, 4) is 0 Å². The number of nitrogens with one attached hydrogen (secondary N) is 1. The standard InChI is InChI=1S/C17H15F3N4O3S/c1-4-27-15(26)13-9(3)22-16(28-13)23-14(25)12-8(2)21-11-6-5-10(7-24(11)12)17(18,19)20/h5-7H,4H2,1-3H3,(H,22,23,25). The number of rotatable bonds is 4. The third-order valence-corrected chi connectivity index (χ3v) is 4.87. The highest BCUT2D eigenvalue weighted by atomic mass is 32.1. The average Bonchev–Trinajstić information content (AvgIpc) is 3.12. The second-order valence-electron chi connectivity index (χ2n) is 5.80. The molecule has 3 aromatic rings. The van der Waals surface area contributed by atoms with Crippen molar-refractivity contribution in [2.45, 2.75) is 26.9 Å². The second kappa shape index (κ2) is 7.23. The number of imidazole rings is 1. The molecule has 0 aliphatic rings. The van der Waals surface area contributed by atoms with Gasteiger partial charge in [-0.2, -0.15) is 13.2 Å². The minimum atomic E-state index is -4.55.